The Kier molecular flexibility index (Phi) is 7.66. The lowest BCUT2D eigenvalue weighted by molar-refractivity contribution is -0.165. The molecule has 0 aromatic heterocycles. The van der Waals surface area contributed by atoms with Crippen molar-refractivity contribution in [1.82, 2.24) is 9.80 Å². The van der Waals surface area contributed by atoms with Crippen molar-refractivity contribution in [2.75, 3.05) is 39.4 Å². The van der Waals surface area contributed by atoms with E-state index in [1.165, 1.54) is 0 Å². The van der Waals surface area contributed by atoms with Crippen molar-refractivity contribution in [2.45, 2.75) is 51.4 Å². The number of aliphatic hydroxyl groups excluding tert-OH is 2. The Labute approximate surface area is 161 Å². The summed E-state index contributed by atoms with van der Waals surface area (Å²) in [7, 11) is 0. The molecule has 10 heteroatoms. The summed E-state index contributed by atoms with van der Waals surface area (Å²) in [5.74, 6) is -0.857. The van der Waals surface area contributed by atoms with Gasteiger partial charge in [-0.25, -0.2) is 17.6 Å². The molecule has 3 fully saturated rings. The third-order valence-corrected chi connectivity index (χ3v) is 6.18. The van der Waals surface area contributed by atoms with Crippen LogP contribution in [0.4, 0.5) is 17.6 Å². The van der Waals surface area contributed by atoms with Crippen LogP contribution in [-0.2, 0) is 9.59 Å². The molecule has 0 heterocycles. The Morgan fingerprint density at radius 2 is 1.00 bits per heavy atom. The number of rotatable bonds is 10. The van der Waals surface area contributed by atoms with E-state index in [-0.39, 0.29) is 13.1 Å². The number of fused-ring (bicyclic) bond motifs is 3. The van der Waals surface area contributed by atoms with Crippen LogP contribution in [0.1, 0.15) is 38.5 Å². The average molecular weight is 412 g/mol. The van der Waals surface area contributed by atoms with Crippen LogP contribution in [0.25, 0.3) is 0 Å². The van der Waals surface area contributed by atoms with Crippen molar-refractivity contribution in [3.8, 4) is 0 Å². The zero-order chi connectivity index (χ0) is 20.9. The van der Waals surface area contributed by atoms with Gasteiger partial charge in [-0.05, 0) is 38.5 Å². The maximum Gasteiger partial charge on any atom is 0.255 e. The van der Waals surface area contributed by atoms with Crippen LogP contribution in [0.3, 0.4) is 0 Å². The summed E-state index contributed by atoms with van der Waals surface area (Å²) in [6.45, 7) is -2.67. The van der Waals surface area contributed by atoms with Gasteiger partial charge in [0.2, 0.25) is 11.8 Å². The van der Waals surface area contributed by atoms with E-state index in [2.05, 4.69) is 0 Å². The summed E-state index contributed by atoms with van der Waals surface area (Å²) in [4.78, 5) is 27.8. The Hall–Kier alpha value is -1.42. The zero-order valence-electron chi connectivity index (χ0n) is 15.8. The molecule has 0 radical (unpaired) electrons. The second-order valence-corrected chi connectivity index (χ2v) is 7.79. The second kappa shape index (κ2) is 9.39. The molecule has 28 heavy (non-hydrogen) atoms. The number of hydrogen-bond donors (Lipinski definition) is 2. The van der Waals surface area contributed by atoms with Gasteiger partial charge in [-0.1, -0.05) is 0 Å². The van der Waals surface area contributed by atoms with Crippen LogP contribution in [-0.4, -0.2) is 84.1 Å². The van der Waals surface area contributed by atoms with Crippen LogP contribution in [0, 0.1) is 10.8 Å². The van der Waals surface area contributed by atoms with Crippen molar-refractivity contribution in [1.29, 1.82) is 0 Å². The maximum absolute atomic E-state index is 12.9. The molecule has 6 nitrogen and oxygen atoms in total. The standard InChI is InChI=1S/C18H28F4N2O4/c19-13(20)11-23(7-9-25)15(27)17-1-2-18(5-3-17,6-4-17)16(28)24(8-10-26)12-14(21)22/h13-14,25-26H,1-12H2. The van der Waals surface area contributed by atoms with Crippen molar-refractivity contribution in [3.63, 3.8) is 0 Å². The number of aliphatic hydroxyl groups is 2. The van der Waals surface area contributed by atoms with E-state index in [0.29, 0.717) is 38.5 Å². The lowest BCUT2D eigenvalue weighted by Crippen LogP contribution is -2.57. The van der Waals surface area contributed by atoms with Crippen LogP contribution >= 0.6 is 0 Å². The van der Waals surface area contributed by atoms with Crippen LogP contribution in [0.2, 0.25) is 0 Å². The first kappa shape index (κ1) is 22.9. The van der Waals surface area contributed by atoms with Crippen molar-refractivity contribution >= 4 is 11.8 Å². The molecule has 2 amide bonds. The van der Waals surface area contributed by atoms with Crippen molar-refractivity contribution < 1.29 is 37.4 Å². The Morgan fingerprint density at radius 1 is 0.714 bits per heavy atom. The number of carbonyl (C=O) groups is 2. The van der Waals surface area contributed by atoms with E-state index >= 15 is 0 Å². The van der Waals surface area contributed by atoms with Gasteiger partial charge in [0.1, 0.15) is 0 Å². The molecule has 3 rings (SSSR count). The van der Waals surface area contributed by atoms with E-state index in [1.807, 2.05) is 0 Å². The fourth-order valence-corrected chi connectivity index (χ4v) is 4.62. The third kappa shape index (κ3) is 4.76. The molecular weight excluding hydrogens is 384 g/mol. The lowest BCUT2D eigenvalue weighted by atomic mass is 9.53. The first-order valence-corrected chi connectivity index (χ1v) is 9.56. The molecule has 2 N–H and O–H groups in total. The Bertz CT molecular complexity index is 489. The van der Waals surface area contributed by atoms with Crippen LogP contribution in [0.15, 0.2) is 0 Å². The SMILES string of the molecule is O=C(N(CCO)CC(F)F)C12CCC(C(=O)N(CCO)CC(F)F)(CC1)CC2. The molecule has 3 aliphatic carbocycles. The smallest absolute Gasteiger partial charge is 0.255 e. The van der Waals surface area contributed by atoms with Gasteiger partial charge in [0, 0.05) is 23.9 Å². The highest BCUT2D eigenvalue weighted by atomic mass is 19.3. The molecule has 0 aliphatic heterocycles. The van der Waals surface area contributed by atoms with Gasteiger partial charge in [0.25, 0.3) is 12.9 Å². The van der Waals surface area contributed by atoms with Gasteiger partial charge in [-0.3, -0.25) is 9.59 Å². The molecular formula is C18H28F4N2O4. The molecule has 3 saturated carbocycles. The molecule has 0 atom stereocenters. The van der Waals surface area contributed by atoms with Crippen LogP contribution < -0.4 is 0 Å². The fraction of sp³-hybridized carbons (Fsp3) is 0.889. The van der Waals surface area contributed by atoms with Crippen LogP contribution in [0.5, 0.6) is 0 Å². The van der Waals surface area contributed by atoms with E-state index in [0.717, 1.165) is 9.80 Å². The lowest BCUT2D eigenvalue weighted by Gasteiger charge is -2.53. The number of amides is 2. The molecule has 3 aliphatic rings. The molecule has 2 bridgehead atoms. The molecule has 162 valence electrons. The summed E-state index contributed by atoms with van der Waals surface area (Å²) >= 11 is 0. The summed E-state index contributed by atoms with van der Waals surface area (Å²) in [5, 5.41) is 18.2. The van der Waals surface area contributed by atoms with E-state index in [4.69, 9.17) is 10.2 Å². The average Bonchev–Trinajstić information content (AvgIpc) is 2.67. The molecule has 0 aromatic carbocycles. The monoisotopic (exact) mass is 412 g/mol. The summed E-state index contributed by atoms with van der Waals surface area (Å²) < 4.78 is 51.2. The molecule has 0 aromatic rings. The highest BCUT2D eigenvalue weighted by molar-refractivity contribution is 5.87. The normalized spacial score (nSPS) is 26.7. The Morgan fingerprint density at radius 3 is 1.21 bits per heavy atom. The topological polar surface area (TPSA) is 81.1 Å². The summed E-state index contributed by atoms with van der Waals surface area (Å²) in [5.41, 5.74) is -1.67. The van der Waals surface area contributed by atoms with Gasteiger partial charge >= 0.3 is 0 Å². The van der Waals surface area contributed by atoms with Gasteiger partial charge in [0.15, 0.2) is 0 Å². The first-order chi connectivity index (χ1) is 13.2. The quantitative estimate of drug-likeness (QED) is 0.533. The summed E-state index contributed by atoms with van der Waals surface area (Å²) in [6, 6.07) is 0. The second-order valence-electron chi connectivity index (χ2n) is 7.79. The minimum Gasteiger partial charge on any atom is -0.395 e. The number of nitrogens with zero attached hydrogens (tertiary/aromatic N) is 2. The van der Waals surface area contributed by atoms with Gasteiger partial charge in [-0.2, -0.15) is 0 Å². The number of carbonyl (C=O) groups excluding carboxylic acids is 2. The molecule has 0 unspecified atom stereocenters. The minimum absolute atomic E-state index is 0.173. The Balaban J connectivity index is 2.11. The van der Waals surface area contributed by atoms with Crippen molar-refractivity contribution in [3.05, 3.63) is 0 Å². The van der Waals surface area contributed by atoms with E-state index in [1.54, 1.807) is 0 Å². The summed E-state index contributed by atoms with van der Waals surface area (Å²) in [6.07, 6.45) is -3.47. The van der Waals surface area contributed by atoms with E-state index in [9.17, 15) is 27.2 Å². The predicted octanol–water partition coefficient (Wildman–Crippen LogP) is 1.50. The fourth-order valence-electron chi connectivity index (χ4n) is 4.62. The molecule has 0 spiro atoms. The predicted molar refractivity (Wildman–Crippen MR) is 91.9 cm³/mol. The number of alkyl halides is 4. The minimum atomic E-state index is -2.71. The third-order valence-electron chi connectivity index (χ3n) is 6.18. The van der Waals surface area contributed by atoms with Crippen molar-refractivity contribution in [2.24, 2.45) is 10.8 Å². The highest BCUT2D eigenvalue weighted by Crippen LogP contribution is 2.58. The van der Waals surface area contributed by atoms with Gasteiger partial charge < -0.3 is 20.0 Å². The zero-order valence-corrected chi connectivity index (χ0v) is 15.8. The molecule has 0 saturated heterocycles. The largest absolute Gasteiger partial charge is 0.395 e. The first-order valence-electron chi connectivity index (χ1n) is 9.56. The number of halogens is 4. The van der Waals surface area contributed by atoms with Gasteiger partial charge in [0.05, 0.1) is 26.3 Å². The van der Waals surface area contributed by atoms with E-state index < -0.39 is 61.8 Å². The maximum atomic E-state index is 12.9. The number of hydrogen-bond acceptors (Lipinski definition) is 4. The highest BCUT2D eigenvalue weighted by Gasteiger charge is 2.57. The van der Waals surface area contributed by atoms with Gasteiger partial charge in [-0.15, -0.1) is 0 Å².